The zero-order chi connectivity index (χ0) is 19.3. The number of halogens is 2. The second-order valence-corrected chi connectivity index (χ2v) is 7.95. The van der Waals surface area contributed by atoms with Gasteiger partial charge in [0.1, 0.15) is 0 Å². The van der Waals surface area contributed by atoms with E-state index in [-0.39, 0.29) is 18.6 Å². The van der Waals surface area contributed by atoms with Gasteiger partial charge in [0.05, 0.1) is 6.42 Å². The number of benzene rings is 1. The predicted octanol–water partition coefficient (Wildman–Crippen LogP) is 4.82. The summed E-state index contributed by atoms with van der Waals surface area (Å²) in [6.45, 7) is 3.35. The number of aryl methyl sites for hydroxylation is 2. The molecule has 1 aromatic carbocycles. The van der Waals surface area contributed by atoms with Gasteiger partial charge in [-0.1, -0.05) is 23.2 Å². The summed E-state index contributed by atoms with van der Waals surface area (Å²) in [6, 6.07) is 6.40. The molecule has 5 nitrogen and oxygen atoms in total. The van der Waals surface area contributed by atoms with E-state index in [1.54, 1.807) is 11.3 Å². The Hall–Kier alpha value is -1.89. The van der Waals surface area contributed by atoms with Gasteiger partial charge in [-0.2, -0.15) is 0 Å². The minimum Gasteiger partial charge on any atom is -0.456 e. The van der Waals surface area contributed by atoms with Crippen LogP contribution in [0, 0.1) is 13.8 Å². The number of rotatable bonds is 7. The van der Waals surface area contributed by atoms with Crippen LogP contribution in [0.3, 0.4) is 0 Å². The molecular weight excluding hydrogens is 397 g/mol. The zero-order valence-electron chi connectivity index (χ0n) is 14.2. The lowest BCUT2D eigenvalue weighted by molar-refractivity contribution is -0.147. The Balaban J connectivity index is 1.76. The number of amides is 1. The van der Waals surface area contributed by atoms with Crippen LogP contribution in [0.2, 0.25) is 10.0 Å². The Kier molecular flexibility index (Phi) is 7.20. The van der Waals surface area contributed by atoms with Crippen LogP contribution in [-0.4, -0.2) is 24.3 Å². The van der Waals surface area contributed by atoms with Gasteiger partial charge in [-0.05, 0) is 38.1 Å². The second kappa shape index (κ2) is 9.16. The summed E-state index contributed by atoms with van der Waals surface area (Å²) in [7, 11) is 0. The summed E-state index contributed by atoms with van der Waals surface area (Å²) >= 11 is 13.2. The van der Waals surface area contributed by atoms with Gasteiger partial charge in [0, 0.05) is 37.5 Å². The number of carbonyl (C=O) groups is 3. The average molecular weight is 414 g/mol. The van der Waals surface area contributed by atoms with Gasteiger partial charge < -0.3 is 10.1 Å². The van der Waals surface area contributed by atoms with Crippen molar-refractivity contribution in [3.05, 3.63) is 49.6 Å². The maximum Gasteiger partial charge on any atom is 0.306 e. The van der Waals surface area contributed by atoms with Gasteiger partial charge in [-0.3, -0.25) is 14.4 Å². The molecule has 138 valence electrons. The Bertz CT molecular complexity index is 827. The van der Waals surface area contributed by atoms with Crippen molar-refractivity contribution in [2.24, 2.45) is 0 Å². The maximum atomic E-state index is 12.1. The highest BCUT2D eigenvalue weighted by atomic mass is 35.5. The highest BCUT2D eigenvalue weighted by Crippen LogP contribution is 2.23. The van der Waals surface area contributed by atoms with Crippen molar-refractivity contribution in [1.82, 2.24) is 0 Å². The summed E-state index contributed by atoms with van der Waals surface area (Å²) in [6.07, 6.45) is -0.0369. The number of nitrogens with one attached hydrogen (secondary N) is 1. The number of Topliss-reactive ketones (excluding diaryl/α,β-unsaturated/α-hetero) is 1. The first-order valence-corrected chi connectivity index (χ1v) is 9.33. The molecule has 26 heavy (non-hydrogen) atoms. The molecule has 2 rings (SSSR count). The summed E-state index contributed by atoms with van der Waals surface area (Å²) in [5.74, 6) is -1.24. The van der Waals surface area contributed by atoms with E-state index >= 15 is 0 Å². The van der Waals surface area contributed by atoms with Gasteiger partial charge in [0.15, 0.2) is 12.4 Å². The fraction of sp³-hybridized carbons (Fsp3) is 0.278. The summed E-state index contributed by atoms with van der Waals surface area (Å²) in [5, 5.41) is 3.28. The van der Waals surface area contributed by atoms with Crippen LogP contribution < -0.4 is 5.32 Å². The molecule has 1 aromatic heterocycles. The number of hydrogen-bond acceptors (Lipinski definition) is 5. The van der Waals surface area contributed by atoms with E-state index in [0.717, 1.165) is 9.75 Å². The third kappa shape index (κ3) is 6.12. The maximum absolute atomic E-state index is 12.1. The van der Waals surface area contributed by atoms with Gasteiger partial charge in [-0.15, -0.1) is 11.3 Å². The number of carbonyl (C=O) groups excluding carboxylic acids is 3. The van der Waals surface area contributed by atoms with Crippen LogP contribution in [-0.2, 0) is 14.3 Å². The molecule has 2 aromatic rings. The topological polar surface area (TPSA) is 72.5 Å². The van der Waals surface area contributed by atoms with E-state index in [1.165, 1.54) is 18.2 Å². The first-order chi connectivity index (χ1) is 12.2. The minimum absolute atomic E-state index is 0.0430. The largest absolute Gasteiger partial charge is 0.456 e. The molecule has 8 heteroatoms. The molecule has 0 fully saturated rings. The molecule has 1 N–H and O–H groups in total. The lowest BCUT2D eigenvalue weighted by atomic mass is 10.1. The molecule has 0 aliphatic rings. The average Bonchev–Trinajstić information content (AvgIpc) is 2.88. The quantitative estimate of drug-likeness (QED) is 0.521. The van der Waals surface area contributed by atoms with Crippen LogP contribution in [0.5, 0.6) is 0 Å². The van der Waals surface area contributed by atoms with Crippen LogP contribution in [0.25, 0.3) is 0 Å². The Morgan fingerprint density at radius 1 is 1.04 bits per heavy atom. The minimum atomic E-state index is -0.609. The van der Waals surface area contributed by atoms with Gasteiger partial charge in [0.25, 0.3) is 5.91 Å². The highest BCUT2D eigenvalue weighted by Gasteiger charge is 2.15. The number of hydrogen-bond donors (Lipinski definition) is 1. The van der Waals surface area contributed by atoms with Crippen molar-refractivity contribution >= 4 is 57.9 Å². The van der Waals surface area contributed by atoms with E-state index in [4.69, 9.17) is 27.9 Å². The van der Waals surface area contributed by atoms with Crippen LogP contribution in [0.1, 0.15) is 33.0 Å². The number of esters is 1. The monoisotopic (exact) mass is 413 g/mol. The van der Waals surface area contributed by atoms with Gasteiger partial charge in [-0.25, -0.2) is 0 Å². The lowest BCUT2D eigenvalue weighted by Crippen LogP contribution is -2.21. The van der Waals surface area contributed by atoms with E-state index in [2.05, 4.69) is 5.32 Å². The SMILES string of the molecule is Cc1cc(C(=O)CCC(=O)OCC(=O)Nc2cc(Cl)cc(Cl)c2)c(C)s1. The Labute approximate surface area is 165 Å². The molecule has 0 unspecified atom stereocenters. The molecule has 0 saturated heterocycles. The van der Waals surface area contributed by atoms with Gasteiger partial charge >= 0.3 is 5.97 Å². The smallest absolute Gasteiger partial charge is 0.306 e. The highest BCUT2D eigenvalue weighted by molar-refractivity contribution is 7.12. The third-order valence-electron chi connectivity index (χ3n) is 3.41. The molecule has 0 atom stereocenters. The molecule has 1 heterocycles. The van der Waals surface area contributed by atoms with E-state index in [9.17, 15) is 14.4 Å². The third-order valence-corrected chi connectivity index (χ3v) is 4.81. The lowest BCUT2D eigenvalue weighted by Gasteiger charge is -2.07. The van der Waals surface area contributed by atoms with Gasteiger partial charge in [0.2, 0.25) is 0 Å². The van der Waals surface area contributed by atoms with Crippen molar-refractivity contribution in [1.29, 1.82) is 0 Å². The van der Waals surface area contributed by atoms with E-state index < -0.39 is 18.5 Å². The second-order valence-electron chi connectivity index (χ2n) is 5.62. The van der Waals surface area contributed by atoms with Crippen LogP contribution in [0.15, 0.2) is 24.3 Å². The number of anilines is 1. The summed E-state index contributed by atoms with van der Waals surface area (Å²) in [5.41, 5.74) is 1.04. The number of ether oxygens (including phenoxy) is 1. The first-order valence-electron chi connectivity index (χ1n) is 7.76. The molecule has 0 aliphatic carbocycles. The summed E-state index contributed by atoms with van der Waals surface area (Å²) < 4.78 is 4.89. The fourth-order valence-electron chi connectivity index (χ4n) is 2.30. The number of thiophene rings is 1. The fourth-order valence-corrected chi connectivity index (χ4v) is 3.77. The molecule has 0 aliphatic heterocycles. The van der Waals surface area contributed by atoms with Crippen LogP contribution in [0.4, 0.5) is 5.69 Å². The molecule has 0 spiro atoms. The molecule has 0 radical (unpaired) electrons. The van der Waals surface area contributed by atoms with Crippen molar-refractivity contribution in [3.8, 4) is 0 Å². The molecule has 0 saturated carbocycles. The van der Waals surface area contributed by atoms with E-state index in [1.807, 2.05) is 19.9 Å². The summed E-state index contributed by atoms with van der Waals surface area (Å²) in [4.78, 5) is 37.6. The van der Waals surface area contributed by atoms with Crippen molar-refractivity contribution in [2.75, 3.05) is 11.9 Å². The van der Waals surface area contributed by atoms with Crippen molar-refractivity contribution < 1.29 is 19.1 Å². The zero-order valence-corrected chi connectivity index (χ0v) is 16.6. The van der Waals surface area contributed by atoms with Crippen molar-refractivity contribution in [2.45, 2.75) is 26.7 Å². The normalized spacial score (nSPS) is 10.5. The molecular formula is C18H17Cl2NO4S. The Morgan fingerprint density at radius 3 is 2.27 bits per heavy atom. The molecule has 1 amide bonds. The van der Waals surface area contributed by atoms with Crippen LogP contribution >= 0.6 is 34.5 Å². The first kappa shape index (κ1) is 20.4. The van der Waals surface area contributed by atoms with Crippen molar-refractivity contribution in [3.63, 3.8) is 0 Å². The Morgan fingerprint density at radius 2 is 1.69 bits per heavy atom. The number of ketones is 1. The standard InChI is InChI=1S/C18H17Cl2NO4S/c1-10-5-15(11(2)26-10)16(22)3-4-18(24)25-9-17(23)21-14-7-12(19)6-13(20)8-14/h5-8H,3-4,9H2,1-2H3,(H,21,23). The molecule has 0 bridgehead atoms. The predicted molar refractivity (Wildman–Crippen MR) is 103 cm³/mol. The van der Waals surface area contributed by atoms with E-state index in [0.29, 0.717) is 21.3 Å².